The number of amides is 3. The van der Waals surface area contributed by atoms with Crippen LogP contribution in [-0.2, 0) is 22.6 Å². The molecule has 0 bridgehead atoms. The van der Waals surface area contributed by atoms with Gasteiger partial charge in [0.2, 0.25) is 11.8 Å². The third-order valence-corrected chi connectivity index (χ3v) is 8.40. The second kappa shape index (κ2) is 12.1. The highest BCUT2D eigenvalue weighted by molar-refractivity contribution is 6.26. The standard InChI is InChI=1S/C35H35N3O4/c1-42-28-17-7-12-25(20-28)22-37(31(21-24-10-3-2-4-11-24)34(40)36-27-15-5-6-16-27)32(39)23-38-30-19-9-14-26-13-8-18-29(33(26)30)35(38)41/h2-4,7-14,17-20,27,31H,5-6,15-16,21-23H2,1H3,(H,36,40)/t31-/m1/s1. The lowest BCUT2D eigenvalue weighted by atomic mass is 10.0. The van der Waals surface area contributed by atoms with Crippen LogP contribution in [0.2, 0.25) is 0 Å². The Morgan fingerprint density at radius 3 is 2.40 bits per heavy atom. The zero-order valence-electron chi connectivity index (χ0n) is 23.8. The average molecular weight is 562 g/mol. The second-order valence-electron chi connectivity index (χ2n) is 11.1. The molecule has 7 nitrogen and oxygen atoms in total. The molecule has 4 aromatic carbocycles. The summed E-state index contributed by atoms with van der Waals surface area (Å²) in [5.41, 5.74) is 3.11. The summed E-state index contributed by atoms with van der Waals surface area (Å²) >= 11 is 0. The lowest BCUT2D eigenvalue weighted by Crippen LogP contribution is -2.54. The number of nitrogens with one attached hydrogen (secondary N) is 1. The minimum atomic E-state index is -0.762. The van der Waals surface area contributed by atoms with Crippen molar-refractivity contribution in [3.8, 4) is 5.75 Å². The van der Waals surface area contributed by atoms with E-state index in [1.54, 1.807) is 23.0 Å². The van der Waals surface area contributed by atoms with Gasteiger partial charge in [-0.15, -0.1) is 0 Å². The van der Waals surface area contributed by atoms with Crippen molar-refractivity contribution in [1.82, 2.24) is 10.2 Å². The Balaban J connectivity index is 1.36. The molecule has 7 heteroatoms. The van der Waals surface area contributed by atoms with Crippen LogP contribution in [-0.4, -0.2) is 48.4 Å². The highest BCUT2D eigenvalue weighted by Gasteiger charge is 2.36. The van der Waals surface area contributed by atoms with Crippen molar-refractivity contribution in [1.29, 1.82) is 0 Å². The Bertz CT molecular complexity index is 1610. The first-order chi connectivity index (χ1) is 20.5. The molecule has 2 aliphatic rings. The van der Waals surface area contributed by atoms with Crippen LogP contribution in [0.1, 0.15) is 47.2 Å². The van der Waals surface area contributed by atoms with Gasteiger partial charge in [0, 0.05) is 30.0 Å². The highest BCUT2D eigenvalue weighted by Crippen LogP contribution is 2.37. The van der Waals surface area contributed by atoms with Crippen molar-refractivity contribution >= 4 is 34.2 Å². The molecule has 0 aromatic heterocycles. The van der Waals surface area contributed by atoms with E-state index in [9.17, 15) is 14.4 Å². The molecule has 0 spiro atoms. The fourth-order valence-electron chi connectivity index (χ4n) is 6.25. The number of anilines is 1. The minimum absolute atomic E-state index is 0.108. The van der Waals surface area contributed by atoms with Gasteiger partial charge in [-0.3, -0.25) is 19.3 Å². The number of rotatable bonds is 10. The molecular formula is C35H35N3O4. The molecule has 6 rings (SSSR count). The van der Waals surface area contributed by atoms with Crippen LogP contribution in [0, 0.1) is 0 Å². The van der Waals surface area contributed by atoms with Crippen molar-refractivity contribution in [2.75, 3.05) is 18.6 Å². The van der Waals surface area contributed by atoms with E-state index in [-0.39, 0.29) is 36.9 Å². The van der Waals surface area contributed by atoms with Gasteiger partial charge in [-0.05, 0) is 53.6 Å². The summed E-state index contributed by atoms with van der Waals surface area (Å²) in [6, 6.07) is 28.1. The predicted molar refractivity (Wildman–Crippen MR) is 164 cm³/mol. The molecule has 0 radical (unpaired) electrons. The van der Waals surface area contributed by atoms with Gasteiger partial charge in [0.1, 0.15) is 18.3 Å². The maximum Gasteiger partial charge on any atom is 0.259 e. The van der Waals surface area contributed by atoms with Crippen LogP contribution in [0.25, 0.3) is 10.8 Å². The molecule has 1 fully saturated rings. The molecule has 0 unspecified atom stereocenters. The first-order valence-electron chi connectivity index (χ1n) is 14.6. The van der Waals surface area contributed by atoms with Crippen LogP contribution in [0.3, 0.4) is 0 Å². The number of methoxy groups -OCH3 is 1. The number of hydrogen-bond donors (Lipinski definition) is 1. The molecule has 1 heterocycles. The van der Waals surface area contributed by atoms with E-state index in [1.165, 1.54) is 0 Å². The van der Waals surface area contributed by atoms with Gasteiger partial charge in [-0.2, -0.15) is 0 Å². The third kappa shape index (κ3) is 5.59. The first kappa shape index (κ1) is 27.5. The summed E-state index contributed by atoms with van der Waals surface area (Å²) in [5, 5.41) is 5.05. The molecular weight excluding hydrogens is 526 g/mol. The van der Waals surface area contributed by atoms with E-state index in [0.717, 1.165) is 53.3 Å². The van der Waals surface area contributed by atoms with Crippen LogP contribution in [0.15, 0.2) is 91.0 Å². The van der Waals surface area contributed by atoms with Crippen LogP contribution >= 0.6 is 0 Å². The summed E-state index contributed by atoms with van der Waals surface area (Å²) in [4.78, 5) is 45.1. The minimum Gasteiger partial charge on any atom is -0.497 e. The second-order valence-corrected chi connectivity index (χ2v) is 11.1. The van der Waals surface area contributed by atoms with E-state index in [1.807, 2.05) is 84.9 Å². The molecule has 1 saturated carbocycles. The number of carbonyl (C=O) groups excluding carboxylic acids is 3. The van der Waals surface area contributed by atoms with Crippen molar-refractivity contribution < 1.29 is 19.1 Å². The Hall–Kier alpha value is -4.65. The lowest BCUT2D eigenvalue weighted by Gasteiger charge is -2.33. The molecule has 4 aromatic rings. The summed E-state index contributed by atoms with van der Waals surface area (Å²) in [6.07, 6.45) is 4.42. The largest absolute Gasteiger partial charge is 0.497 e. The van der Waals surface area contributed by atoms with Gasteiger partial charge < -0.3 is 15.0 Å². The zero-order valence-corrected chi connectivity index (χ0v) is 23.8. The van der Waals surface area contributed by atoms with Gasteiger partial charge in [0.25, 0.3) is 5.91 Å². The SMILES string of the molecule is COc1cccc(CN(C(=O)CN2C(=O)c3cccc4cccc2c34)[C@H](Cc2ccccc2)C(=O)NC2CCCC2)c1. The van der Waals surface area contributed by atoms with E-state index < -0.39 is 6.04 Å². The Morgan fingerprint density at radius 1 is 0.929 bits per heavy atom. The maximum atomic E-state index is 14.4. The lowest BCUT2D eigenvalue weighted by molar-refractivity contribution is -0.140. The molecule has 42 heavy (non-hydrogen) atoms. The Labute approximate surface area is 246 Å². The van der Waals surface area contributed by atoms with E-state index in [4.69, 9.17) is 4.74 Å². The molecule has 1 N–H and O–H groups in total. The Kier molecular flexibility index (Phi) is 7.91. The molecule has 0 saturated heterocycles. The summed E-state index contributed by atoms with van der Waals surface area (Å²) in [5.74, 6) is 0.0110. The fourth-order valence-corrected chi connectivity index (χ4v) is 6.25. The monoisotopic (exact) mass is 561 g/mol. The highest BCUT2D eigenvalue weighted by atomic mass is 16.5. The van der Waals surface area contributed by atoms with E-state index >= 15 is 0 Å². The van der Waals surface area contributed by atoms with Gasteiger partial charge in [-0.25, -0.2) is 0 Å². The normalized spacial score (nSPS) is 15.2. The zero-order chi connectivity index (χ0) is 29.1. The third-order valence-electron chi connectivity index (χ3n) is 8.40. The molecule has 3 amide bonds. The van der Waals surface area contributed by atoms with Gasteiger partial charge in [0.15, 0.2) is 0 Å². The average Bonchev–Trinajstić information content (AvgIpc) is 3.63. The van der Waals surface area contributed by atoms with Gasteiger partial charge in [-0.1, -0.05) is 79.6 Å². The molecule has 1 atom stereocenters. The summed E-state index contributed by atoms with van der Waals surface area (Å²) < 4.78 is 5.44. The predicted octanol–water partition coefficient (Wildman–Crippen LogP) is 5.51. The van der Waals surface area contributed by atoms with E-state index in [0.29, 0.717) is 17.7 Å². The molecule has 1 aliphatic heterocycles. The first-order valence-corrected chi connectivity index (χ1v) is 14.6. The quantitative estimate of drug-likeness (QED) is 0.277. The van der Waals surface area contributed by atoms with Gasteiger partial charge >= 0.3 is 0 Å². The topological polar surface area (TPSA) is 79.0 Å². The van der Waals surface area contributed by atoms with Crippen LogP contribution in [0.4, 0.5) is 5.69 Å². The number of ether oxygens (including phenoxy) is 1. The van der Waals surface area contributed by atoms with Crippen LogP contribution < -0.4 is 15.0 Å². The number of benzene rings is 4. The van der Waals surface area contributed by atoms with Crippen LogP contribution in [0.5, 0.6) is 5.75 Å². The van der Waals surface area contributed by atoms with Crippen molar-refractivity contribution in [2.24, 2.45) is 0 Å². The van der Waals surface area contributed by atoms with Crippen molar-refractivity contribution in [2.45, 2.75) is 50.7 Å². The number of carbonyl (C=O) groups is 3. The summed E-state index contributed by atoms with van der Waals surface area (Å²) in [6.45, 7) is 0.0311. The molecule has 1 aliphatic carbocycles. The number of nitrogens with zero attached hydrogens (tertiary/aromatic N) is 2. The summed E-state index contributed by atoms with van der Waals surface area (Å²) in [7, 11) is 1.60. The molecule has 214 valence electrons. The smallest absolute Gasteiger partial charge is 0.259 e. The van der Waals surface area contributed by atoms with E-state index in [2.05, 4.69) is 5.32 Å². The fraction of sp³-hybridized carbons (Fsp3) is 0.286. The van der Waals surface area contributed by atoms with Crippen molar-refractivity contribution in [3.63, 3.8) is 0 Å². The van der Waals surface area contributed by atoms with Gasteiger partial charge in [0.05, 0.1) is 12.8 Å². The maximum absolute atomic E-state index is 14.4. The number of hydrogen-bond acceptors (Lipinski definition) is 4. The Morgan fingerprint density at radius 2 is 1.64 bits per heavy atom. The van der Waals surface area contributed by atoms with Crippen molar-refractivity contribution in [3.05, 3.63) is 108 Å².